The van der Waals surface area contributed by atoms with Crippen LogP contribution in [0.5, 0.6) is 0 Å². The number of anilines is 2. The van der Waals surface area contributed by atoms with Gasteiger partial charge in [0.25, 0.3) is 5.91 Å². The van der Waals surface area contributed by atoms with Gasteiger partial charge in [0, 0.05) is 31.9 Å². The van der Waals surface area contributed by atoms with E-state index in [9.17, 15) is 13.2 Å². The van der Waals surface area contributed by atoms with Crippen LogP contribution in [0.25, 0.3) is 10.2 Å². The van der Waals surface area contributed by atoms with Crippen LogP contribution in [0.3, 0.4) is 0 Å². The van der Waals surface area contributed by atoms with Crippen LogP contribution in [0.1, 0.15) is 10.4 Å². The average molecular weight is 489 g/mol. The van der Waals surface area contributed by atoms with Gasteiger partial charge in [-0.15, -0.1) is 0 Å². The van der Waals surface area contributed by atoms with Crippen molar-refractivity contribution in [2.45, 2.75) is 4.90 Å². The number of morpholine rings is 2. The highest BCUT2D eigenvalue weighted by molar-refractivity contribution is 7.89. The number of sulfonamides is 1. The Hall–Kier alpha value is -2.57. The fourth-order valence-corrected chi connectivity index (χ4v) is 6.26. The third-order valence-corrected chi connectivity index (χ3v) is 8.53. The highest BCUT2D eigenvalue weighted by Gasteiger charge is 2.29. The topological polar surface area (TPSA) is 101 Å². The third kappa shape index (κ3) is 4.59. The van der Waals surface area contributed by atoms with Gasteiger partial charge in [-0.2, -0.15) is 4.31 Å². The number of hydrogen-bond donors (Lipinski definition) is 1. The molecule has 2 fully saturated rings. The quantitative estimate of drug-likeness (QED) is 0.589. The van der Waals surface area contributed by atoms with E-state index in [4.69, 9.17) is 9.47 Å². The van der Waals surface area contributed by atoms with Crippen molar-refractivity contribution in [2.75, 3.05) is 62.8 Å². The molecule has 0 aliphatic carbocycles. The van der Waals surface area contributed by atoms with Crippen LogP contribution < -0.4 is 10.2 Å². The molecule has 0 bridgehead atoms. The molecule has 2 aliphatic rings. The number of hydrogen-bond acceptors (Lipinski definition) is 8. The Kier molecular flexibility index (Phi) is 6.30. The number of para-hydroxylation sites is 1. The normalized spacial score (nSPS) is 17.9. The van der Waals surface area contributed by atoms with E-state index in [1.54, 1.807) is 12.1 Å². The number of benzene rings is 2. The summed E-state index contributed by atoms with van der Waals surface area (Å²) in [5, 5.41) is 3.34. The van der Waals surface area contributed by atoms with Crippen LogP contribution in [0.2, 0.25) is 0 Å². The first-order valence-corrected chi connectivity index (χ1v) is 13.0. The third-order valence-electron chi connectivity index (χ3n) is 5.69. The molecule has 9 nitrogen and oxygen atoms in total. The van der Waals surface area contributed by atoms with Crippen molar-refractivity contribution in [3.05, 3.63) is 48.0 Å². The maximum absolute atomic E-state index is 13.4. The Morgan fingerprint density at radius 2 is 1.67 bits per heavy atom. The zero-order valence-corrected chi connectivity index (χ0v) is 19.5. The van der Waals surface area contributed by atoms with E-state index in [0.717, 1.165) is 10.2 Å². The number of nitrogens with zero attached hydrogens (tertiary/aromatic N) is 3. The summed E-state index contributed by atoms with van der Waals surface area (Å²) in [4.78, 5) is 20.0. The lowest BCUT2D eigenvalue weighted by Crippen LogP contribution is -2.41. The first kappa shape index (κ1) is 22.2. The minimum Gasteiger partial charge on any atom is -0.379 e. The lowest BCUT2D eigenvalue weighted by Gasteiger charge is -2.31. The predicted octanol–water partition coefficient (Wildman–Crippen LogP) is 2.41. The van der Waals surface area contributed by atoms with Gasteiger partial charge in [-0.25, -0.2) is 13.4 Å². The van der Waals surface area contributed by atoms with Crippen LogP contribution in [0.15, 0.2) is 47.4 Å². The van der Waals surface area contributed by atoms with E-state index in [1.165, 1.54) is 21.7 Å². The maximum Gasteiger partial charge on any atom is 0.259 e. The van der Waals surface area contributed by atoms with Gasteiger partial charge in [-0.3, -0.25) is 10.1 Å². The van der Waals surface area contributed by atoms with Crippen LogP contribution in [0.4, 0.5) is 10.8 Å². The van der Waals surface area contributed by atoms with Gasteiger partial charge in [0.05, 0.1) is 47.1 Å². The summed E-state index contributed by atoms with van der Waals surface area (Å²) in [6.45, 7) is 3.64. The summed E-state index contributed by atoms with van der Waals surface area (Å²) >= 11 is 1.38. The minimum absolute atomic E-state index is 0.0934. The van der Waals surface area contributed by atoms with Crippen molar-refractivity contribution in [3.63, 3.8) is 0 Å². The summed E-state index contributed by atoms with van der Waals surface area (Å²) in [6.07, 6.45) is 0. The van der Waals surface area contributed by atoms with Crippen LogP contribution >= 0.6 is 11.3 Å². The van der Waals surface area contributed by atoms with Crippen molar-refractivity contribution in [3.8, 4) is 0 Å². The van der Waals surface area contributed by atoms with E-state index in [0.29, 0.717) is 69.0 Å². The molecule has 2 aliphatic heterocycles. The summed E-state index contributed by atoms with van der Waals surface area (Å²) in [5.74, 6) is -0.394. The van der Waals surface area contributed by atoms with E-state index in [-0.39, 0.29) is 4.90 Å². The molecule has 2 saturated heterocycles. The number of carbonyl (C=O) groups is 1. The van der Waals surface area contributed by atoms with E-state index >= 15 is 0 Å². The number of carbonyl (C=O) groups excluding carboxylic acids is 1. The largest absolute Gasteiger partial charge is 0.379 e. The number of nitrogens with one attached hydrogen (secondary N) is 1. The summed E-state index contributed by atoms with van der Waals surface area (Å²) in [7, 11) is -3.74. The van der Waals surface area contributed by atoms with Crippen molar-refractivity contribution in [1.82, 2.24) is 9.29 Å². The van der Waals surface area contributed by atoms with Crippen molar-refractivity contribution < 1.29 is 22.7 Å². The molecule has 11 heteroatoms. The monoisotopic (exact) mass is 488 g/mol. The Morgan fingerprint density at radius 3 is 2.39 bits per heavy atom. The second kappa shape index (κ2) is 9.35. The molecule has 0 atom stereocenters. The molecule has 5 rings (SSSR count). The maximum atomic E-state index is 13.4. The second-order valence-corrected chi connectivity index (χ2v) is 10.7. The Labute approximate surface area is 196 Å². The minimum atomic E-state index is -3.74. The van der Waals surface area contributed by atoms with Crippen molar-refractivity contribution in [1.29, 1.82) is 0 Å². The first-order valence-electron chi connectivity index (χ1n) is 10.7. The molecule has 0 radical (unpaired) electrons. The molecule has 2 aromatic carbocycles. The molecule has 1 aromatic heterocycles. The average Bonchev–Trinajstić information content (AvgIpc) is 3.27. The summed E-state index contributed by atoms with van der Waals surface area (Å²) in [5.41, 5.74) is 1.78. The number of aromatic nitrogens is 1. The number of amides is 1. The van der Waals surface area contributed by atoms with Gasteiger partial charge in [0.15, 0.2) is 5.13 Å². The van der Waals surface area contributed by atoms with Gasteiger partial charge in [-0.1, -0.05) is 23.5 Å². The molecular weight excluding hydrogens is 464 g/mol. The van der Waals surface area contributed by atoms with Gasteiger partial charge < -0.3 is 14.4 Å². The summed E-state index contributed by atoms with van der Waals surface area (Å²) < 4.78 is 39.5. The molecule has 33 heavy (non-hydrogen) atoms. The van der Waals surface area contributed by atoms with E-state index in [2.05, 4.69) is 10.3 Å². The standard InChI is InChI=1S/C22H24N4O5S2/c27-21(24-22-23-18-3-1-2-4-20(18)32-22)17-15-16(33(28,29)26-9-13-31-14-10-26)5-6-19(17)25-7-11-30-12-8-25/h1-6,15H,7-14H2,(H,23,24,27). The van der Waals surface area contributed by atoms with E-state index < -0.39 is 15.9 Å². The second-order valence-electron chi connectivity index (χ2n) is 7.74. The van der Waals surface area contributed by atoms with Crippen LogP contribution in [-0.4, -0.2) is 76.2 Å². The zero-order valence-electron chi connectivity index (χ0n) is 17.9. The summed E-state index contributed by atoms with van der Waals surface area (Å²) in [6, 6.07) is 12.4. The van der Waals surface area contributed by atoms with Gasteiger partial charge in [0.1, 0.15) is 0 Å². The van der Waals surface area contributed by atoms with Crippen LogP contribution in [0, 0.1) is 0 Å². The number of rotatable bonds is 5. The molecule has 0 saturated carbocycles. The Bertz CT molecular complexity index is 1230. The number of thiazole rings is 1. The highest BCUT2D eigenvalue weighted by Crippen LogP contribution is 2.30. The number of ether oxygens (including phenoxy) is 2. The zero-order chi connectivity index (χ0) is 22.8. The smallest absolute Gasteiger partial charge is 0.259 e. The Morgan fingerprint density at radius 1 is 0.970 bits per heavy atom. The van der Waals surface area contributed by atoms with E-state index in [1.807, 2.05) is 29.2 Å². The van der Waals surface area contributed by atoms with Crippen molar-refractivity contribution in [2.24, 2.45) is 0 Å². The molecule has 174 valence electrons. The van der Waals surface area contributed by atoms with Gasteiger partial charge in [-0.05, 0) is 30.3 Å². The molecule has 1 amide bonds. The van der Waals surface area contributed by atoms with Crippen LogP contribution in [-0.2, 0) is 19.5 Å². The molecule has 3 heterocycles. The molecule has 1 N–H and O–H groups in total. The first-order chi connectivity index (χ1) is 16.0. The lowest BCUT2D eigenvalue weighted by atomic mass is 10.1. The van der Waals surface area contributed by atoms with Gasteiger partial charge in [0.2, 0.25) is 10.0 Å². The fourth-order valence-electron chi connectivity index (χ4n) is 3.96. The Balaban J connectivity index is 1.50. The fraction of sp³-hybridized carbons (Fsp3) is 0.364. The molecule has 0 unspecified atom stereocenters. The predicted molar refractivity (Wildman–Crippen MR) is 127 cm³/mol. The molecule has 0 spiro atoms. The van der Waals surface area contributed by atoms with Gasteiger partial charge >= 0.3 is 0 Å². The molecule has 3 aromatic rings. The SMILES string of the molecule is O=C(Nc1nc2ccccc2s1)c1cc(S(=O)(=O)N2CCOCC2)ccc1N1CCOCC1. The molecular formula is C22H24N4O5S2. The van der Waals surface area contributed by atoms with Crippen molar-refractivity contribution >= 4 is 48.3 Å². The number of fused-ring (bicyclic) bond motifs is 1. The lowest BCUT2D eigenvalue weighted by molar-refractivity contribution is 0.0730. The highest BCUT2D eigenvalue weighted by atomic mass is 32.2.